The van der Waals surface area contributed by atoms with Gasteiger partial charge >= 0.3 is 0 Å². The predicted octanol–water partition coefficient (Wildman–Crippen LogP) is 2.96. The molecule has 4 heteroatoms. The zero-order chi connectivity index (χ0) is 14.8. The molecule has 0 unspecified atom stereocenters. The lowest BCUT2D eigenvalue weighted by molar-refractivity contribution is 0.136. The quantitative estimate of drug-likeness (QED) is 0.787. The number of hydrogen-bond donors (Lipinski definition) is 1. The van der Waals surface area contributed by atoms with Crippen LogP contribution in [0.1, 0.15) is 32.6 Å². The first-order valence-electron chi connectivity index (χ1n) is 7.08. The maximum absolute atomic E-state index is 12.9. The molecule has 1 aromatic rings. The standard InChI is InChI=1S/C16H22O3S/c1-3-8-15(17)14-12-16(14,11-4-2)20(18,19)13-9-6-5-7-10-13/h4-7,9-10,14-15,17H,2-3,8,11-12H2,1H3/t14-,15-,16+/m0/s1. The number of sulfone groups is 1. The average molecular weight is 294 g/mol. The topological polar surface area (TPSA) is 54.4 Å². The van der Waals surface area contributed by atoms with Gasteiger partial charge in [0.25, 0.3) is 0 Å². The monoisotopic (exact) mass is 294 g/mol. The third-order valence-electron chi connectivity index (χ3n) is 4.21. The molecule has 1 aromatic carbocycles. The van der Waals surface area contributed by atoms with E-state index in [9.17, 15) is 13.5 Å². The summed E-state index contributed by atoms with van der Waals surface area (Å²) >= 11 is 0. The third kappa shape index (κ3) is 2.42. The second-order valence-electron chi connectivity index (χ2n) is 5.54. The molecule has 2 rings (SSSR count). The van der Waals surface area contributed by atoms with Gasteiger partial charge in [-0.1, -0.05) is 37.6 Å². The van der Waals surface area contributed by atoms with Crippen molar-refractivity contribution >= 4 is 9.84 Å². The highest BCUT2D eigenvalue weighted by molar-refractivity contribution is 7.93. The molecule has 110 valence electrons. The number of allylic oxidation sites excluding steroid dienone is 1. The minimum absolute atomic E-state index is 0.175. The van der Waals surface area contributed by atoms with E-state index < -0.39 is 20.7 Å². The van der Waals surface area contributed by atoms with Gasteiger partial charge in [-0.2, -0.15) is 0 Å². The Balaban J connectivity index is 2.34. The van der Waals surface area contributed by atoms with Crippen molar-refractivity contribution in [2.75, 3.05) is 0 Å². The summed E-state index contributed by atoms with van der Waals surface area (Å²) in [4.78, 5) is 0.341. The van der Waals surface area contributed by atoms with Crippen molar-refractivity contribution in [2.24, 2.45) is 5.92 Å². The van der Waals surface area contributed by atoms with E-state index in [0.717, 1.165) is 6.42 Å². The SMILES string of the molecule is C=CC[C@@]1(S(=O)(=O)c2ccccc2)C[C@H]1[C@@H](O)CCC. The molecule has 0 aliphatic heterocycles. The van der Waals surface area contributed by atoms with Gasteiger partial charge in [-0.3, -0.25) is 0 Å². The molecule has 20 heavy (non-hydrogen) atoms. The van der Waals surface area contributed by atoms with Crippen LogP contribution in [0.25, 0.3) is 0 Å². The van der Waals surface area contributed by atoms with Crippen molar-refractivity contribution in [2.45, 2.75) is 48.4 Å². The molecule has 0 saturated heterocycles. The highest BCUT2D eigenvalue weighted by Gasteiger charge is 2.64. The van der Waals surface area contributed by atoms with Gasteiger partial charge in [0.15, 0.2) is 9.84 Å². The van der Waals surface area contributed by atoms with E-state index in [4.69, 9.17) is 0 Å². The molecule has 3 nitrogen and oxygen atoms in total. The Labute approximate surface area is 121 Å². The van der Waals surface area contributed by atoms with Crippen molar-refractivity contribution in [3.8, 4) is 0 Å². The molecular weight excluding hydrogens is 272 g/mol. The van der Waals surface area contributed by atoms with Gasteiger partial charge in [-0.05, 0) is 31.4 Å². The van der Waals surface area contributed by atoms with Gasteiger partial charge in [0.05, 0.1) is 15.7 Å². The third-order valence-corrected chi connectivity index (χ3v) is 6.81. The lowest BCUT2D eigenvalue weighted by atomic mass is 10.1. The lowest BCUT2D eigenvalue weighted by Crippen LogP contribution is -2.29. The van der Waals surface area contributed by atoms with E-state index in [1.165, 1.54) is 0 Å². The summed E-state index contributed by atoms with van der Waals surface area (Å²) < 4.78 is 24.9. The van der Waals surface area contributed by atoms with Crippen LogP contribution in [0.3, 0.4) is 0 Å². The fourth-order valence-corrected chi connectivity index (χ4v) is 5.31. The van der Waals surface area contributed by atoms with Gasteiger partial charge in [-0.15, -0.1) is 6.58 Å². The summed E-state index contributed by atoms with van der Waals surface area (Å²) in [5.41, 5.74) is 0. The summed E-state index contributed by atoms with van der Waals surface area (Å²) in [5, 5.41) is 10.2. The maximum atomic E-state index is 12.9. The smallest absolute Gasteiger partial charge is 0.184 e. The predicted molar refractivity (Wildman–Crippen MR) is 80.2 cm³/mol. The highest BCUT2D eigenvalue weighted by atomic mass is 32.2. The van der Waals surface area contributed by atoms with E-state index in [1.807, 2.05) is 6.92 Å². The molecule has 1 N–H and O–H groups in total. The van der Waals surface area contributed by atoms with E-state index in [2.05, 4.69) is 6.58 Å². The second-order valence-corrected chi connectivity index (χ2v) is 7.83. The van der Waals surface area contributed by atoms with Gasteiger partial charge in [0, 0.05) is 5.92 Å². The van der Waals surface area contributed by atoms with Crippen molar-refractivity contribution in [3.63, 3.8) is 0 Å². The molecule has 1 saturated carbocycles. The van der Waals surface area contributed by atoms with E-state index in [0.29, 0.717) is 24.2 Å². The fourth-order valence-electron chi connectivity index (χ4n) is 3.03. The molecule has 0 aromatic heterocycles. The fraction of sp³-hybridized carbons (Fsp3) is 0.500. The molecule has 1 aliphatic rings. The van der Waals surface area contributed by atoms with Crippen molar-refractivity contribution in [3.05, 3.63) is 43.0 Å². The Morgan fingerprint density at radius 2 is 2.10 bits per heavy atom. The Bertz CT molecular complexity index is 565. The van der Waals surface area contributed by atoms with Gasteiger partial charge in [0.2, 0.25) is 0 Å². The second kappa shape index (κ2) is 5.70. The van der Waals surface area contributed by atoms with Crippen molar-refractivity contribution in [1.29, 1.82) is 0 Å². The van der Waals surface area contributed by atoms with Crippen LogP contribution in [0.4, 0.5) is 0 Å². The number of benzene rings is 1. The summed E-state index contributed by atoms with van der Waals surface area (Å²) in [6, 6.07) is 8.52. The largest absolute Gasteiger partial charge is 0.393 e. The van der Waals surface area contributed by atoms with Crippen molar-refractivity contribution in [1.82, 2.24) is 0 Å². The first-order valence-corrected chi connectivity index (χ1v) is 8.56. The Morgan fingerprint density at radius 1 is 1.45 bits per heavy atom. The number of aliphatic hydroxyl groups is 1. The maximum Gasteiger partial charge on any atom is 0.184 e. The number of hydrogen-bond acceptors (Lipinski definition) is 3. The minimum Gasteiger partial charge on any atom is -0.393 e. The van der Waals surface area contributed by atoms with Gasteiger partial charge in [-0.25, -0.2) is 8.42 Å². The van der Waals surface area contributed by atoms with Crippen LogP contribution < -0.4 is 0 Å². The summed E-state index contributed by atoms with van der Waals surface area (Å²) in [6.07, 6.45) is 3.53. The number of aliphatic hydroxyl groups excluding tert-OH is 1. The molecular formula is C16H22O3S. The molecule has 1 fully saturated rings. The summed E-state index contributed by atoms with van der Waals surface area (Å²) in [7, 11) is -3.43. The molecule has 0 bridgehead atoms. The van der Waals surface area contributed by atoms with Crippen LogP contribution >= 0.6 is 0 Å². The van der Waals surface area contributed by atoms with Crippen LogP contribution in [0.5, 0.6) is 0 Å². The van der Waals surface area contributed by atoms with Crippen LogP contribution in [-0.4, -0.2) is 24.4 Å². The Hall–Kier alpha value is -1.13. The zero-order valence-corrected chi connectivity index (χ0v) is 12.6. The van der Waals surface area contributed by atoms with Crippen LogP contribution in [-0.2, 0) is 9.84 Å². The van der Waals surface area contributed by atoms with E-state index in [-0.39, 0.29) is 5.92 Å². The van der Waals surface area contributed by atoms with Crippen LogP contribution in [0.2, 0.25) is 0 Å². The first-order chi connectivity index (χ1) is 9.49. The summed E-state index contributed by atoms with van der Waals surface area (Å²) in [6.45, 7) is 5.68. The highest BCUT2D eigenvalue weighted by Crippen LogP contribution is 2.57. The molecule has 0 amide bonds. The lowest BCUT2D eigenvalue weighted by Gasteiger charge is -2.19. The zero-order valence-electron chi connectivity index (χ0n) is 11.8. The van der Waals surface area contributed by atoms with E-state index in [1.54, 1.807) is 36.4 Å². The molecule has 0 spiro atoms. The van der Waals surface area contributed by atoms with Crippen LogP contribution in [0.15, 0.2) is 47.9 Å². The summed E-state index contributed by atoms with van der Waals surface area (Å²) in [5.74, 6) is -0.175. The average Bonchev–Trinajstić information content (AvgIpc) is 3.17. The van der Waals surface area contributed by atoms with Crippen molar-refractivity contribution < 1.29 is 13.5 Å². The van der Waals surface area contributed by atoms with Gasteiger partial charge in [0.1, 0.15) is 0 Å². The molecule has 0 heterocycles. The minimum atomic E-state index is -3.43. The Morgan fingerprint density at radius 3 is 2.65 bits per heavy atom. The molecule has 1 aliphatic carbocycles. The normalized spacial score (nSPS) is 27.0. The number of rotatable bonds is 7. The van der Waals surface area contributed by atoms with Crippen LogP contribution in [0, 0.1) is 5.92 Å². The molecule has 3 atom stereocenters. The van der Waals surface area contributed by atoms with E-state index >= 15 is 0 Å². The Kier molecular flexibility index (Phi) is 4.35. The first kappa shape index (κ1) is 15.3. The molecule has 0 radical (unpaired) electrons. The van der Waals surface area contributed by atoms with Gasteiger partial charge < -0.3 is 5.11 Å².